The lowest BCUT2D eigenvalue weighted by Gasteiger charge is -2.25. The Morgan fingerprint density at radius 3 is 2.10 bits per heavy atom. The average Bonchev–Trinajstić information content (AvgIpc) is 3.61. The van der Waals surface area contributed by atoms with Crippen LogP contribution >= 0.6 is 0 Å². The number of aromatic nitrogens is 2. The Hall–Kier alpha value is -4.14. The molecule has 0 aliphatic carbocycles. The van der Waals surface area contributed by atoms with Crippen LogP contribution in [0.5, 0.6) is 0 Å². The summed E-state index contributed by atoms with van der Waals surface area (Å²) in [5.41, 5.74) is 2.97. The molecular formula is C25H24F6N4O5. The molecule has 216 valence electrons. The Bertz CT molecular complexity index is 1300. The number of pyridine rings is 1. The number of amides is 1. The SMILES string of the molecule is O=C(O)C(F)(F)F.O=C(O)C(F)(F)F.O=C(c1ccc2[nH]ccc2c1)N1CC[C@H]2[C@H]1CCN2Cc1ccccn1. The number of carboxylic acid groups (broad SMARTS) is 2. The van der Waals surface area contributed by atoms with Gasteiger partial charge in [0, 0.05) is 60.6 Å². The number of nitrogens with one attached hydrogen (secondary N) is 1. The normalized spacial score (nSPS) is 18.8. The number of halogens is 6. The number of hydrogen-bond acceptors (Lipinski definition) is 5. The van der Waals surface area contributed by atoms with Crippen LogP contribution in [0.4, 0.5) is 26.3 Å². The molecular weight excluding hydrogens is 550 g/mol. The maximum absolute atomic E-state index is 13.1. The molecule has 0 saturated carbocycles. The molecule has 15 heteroatoms. The number of fused-ring (bicyclic) bond motifs is 2. The van der Waals surface area contributed by atoms with Crippen LogP contribution in [0.1, 0.15) is 28.9 Å². The summed E-state index contributed by atoms with van der Waals surface area (Å²) in [5.74, 6) is -5.35. The number of H-pyrrole nitrogens is 1. The fourth-order valence-electron chi connectivity index (χ4n) is 4.58. The number of benzene rings is 1. The van der Waals surface area contributed by atoms with E-state index in [9.17, 15) is 31.1 Å². The Labute approximate surface area is 223 Å². The zero-order valence-electron chi connectivity index (χ0n) is 20.6. The standard InChI is InChI=1S/C21H22N4O.2C2HF3O2/c26-21(16-4-5-18-15(13-16)6-10-23-18)25-12-8-19-20(25)7-11-24(19)14-17-3-1-2-9-22-17;2*3-2(4,5)1(6)7/h1-6,9-10,13,19-20,23H,7-8,11-12,14H2;2*(H,6,7)/t19-,20+;;/m0../s1. The second-order valence-electron chi connectivity index (χ2n) is 8.89. The molecule has 2 aliphatic rings. The van der Waals surface area contributed by atoms with Crippen molar-refractivity contribution in [1.82, 2.24) is 19.8 Å². The molecule has 0 spiro atoms. The predicted molar refractivity (Wildman–Crippen MR) is 128 cm³/mol. The van der Waals surface area contributed by atoms with Crippen LogP contribution in [-0.4, -0.2) is 85.4 Å². The van der Waals surface area contributed by atoms with Gasteiger partial charge in [0.15, 0.2) is 0 Å². The highest BCUT2D eigenvalue weighted by Gasteiger charge is 2.44. The van der Waals surface area contributed by atoms with Crippen molar-refractivity contribution in [3.63, 3.8) is 0 Å². The minimum atomic E-state index is -5.08. The molecule has 2 saturated heterocycles. The summed E-state index contributed by atoms with van der Waals surface area (Å²) in [6.45, 7) is 2.75. The van der Waals surface area contributed by atoms with E-state index in [2.05, 4.69) is 25.8 Å². The van der Waals surface area contributed by atoms with Crippen LogP contribution in [0, 0.1) is 0 Å². The van der Waals surface area contributed by atoms with Gasteiger partial charge in [0.2, 0.25) is 0 Å². The Morgan fingerprint density at radius 1 is 0.900 bits per heavy atom. The molecule has 2 atom stereocenters. The molecule has 9 nitrogen and oxygen atoms in total. The summed E-state index contributed by atoms with van der Waals surface area (Å²) in [7, 11) is 0. The molecule has 2 aromatic heterocycles. The van der Waals surface area contributed by atoms with Crippen LogP contribution in [0.15, 0.2) is 54.9 Å². The average molecular weight is 574 g/mol. The number of nitrogens with zero attached hydrogens (tertiary/aromatic N) is 3. The van der Waals surface area contributed by atoms with Crippen molar-refractivity contribution in [2.24, 2.45) is 0 Å². The van der Waals surface area contributed by atoms with Crippen molar-refractivity contribution < 1.29 is 50.9 Å². The summed E-state index contributed by atoms with van der Waals surface area (Å²) in [4.78, 5) is 43.1. The predicted octanol–water partition coefficient (Wildman–Crippen LogP) is 4.32. The summed E-state index contributed by atoms with van der Waals surface area (Å²) in [6.07, 6.45) is -4.30. The number of aliphatic carboxylic acids is 2. The maximum atomic E-state index is 13.1. The lowest BCUT2D eigenvalue weighted by Crippen LogP contribution is -2.39. The summed E-state index contributed by atoms with van der Waals surface area (Å²) in [5, 5.41) is 15.3. The number of rotatable bonds is 3. The minimum absolute atomic E-state index is 0.167. The van der Waals surface area contributed by atoms with E-state index in [1.165, 1.54) is 0 Å². The monoisotopic (exact) mass is 574 g/mol. The van der Waals surface area contributed by atoms with E-state index in [1.54, 1.807) is 0 Å². The van der Waals surface area contributed by atoms with Crippen molar-refractivity contribution in [2.45, 2.75) is 43.8 Å². The number of likely N-dealkylation sites (tertiary alicyclic amines) is 2. The fourth-order valence-corrected chi connectivity index (χ4v) is 4.58. The summed E-state index contributed by atoms with van der Waals surface area (Å²) in [6, 6.07) is 14.8. The van der Waals surface area contributed by atoms with Crippen molar-refractivity contribution in [1.29, 1.82) is 0 Å². The molecule has 2 aliphatic heterocycles. The Kier molecular flexibility index (Phi) is 9.40. The summed E-state index contributed by atoms with van der Waals surface area (Å²) >= 11 is 0. The number of carbonyl (C=O) groups excluding carboxylic acids is 1. The molecule has 40 heavy (non-hydrogen) atoms. The molecule has 3 N–H and O–H groups in total. The number of carboxylic acids is 2. The van der Waals surface area contributed by atoms with Gasteiger partial charge in [-0.1, -0.05) is 6.07 Å². The van der Waals surface area contributed by atoms with Gasteiger partial charge in [-0.2, -0.15) is 26.3 Å². The number of aromatic amines is 1. The van der Waals surface area contributed by atoms with E-state index in [-0.39, 0.29) is 5.91 Å². The third-order valence-corrected chi connectivity index (χ3v) is 6.33. The highest BCUT2D eigenvalue weighted by atomic mass is 19.4. The number of hydrogen-bond donors (Lipinski definition) is 3. The zero-order chi connectivity index (χ0) is 29.7. The van der Waals surface area contributed by atoms with Crippen molar-refractivity contribution >= 4 is 28.7 Å². The van der Waals surface area contributed by atoms with Crippen LogP contribution < -0.4 is 0 Å². The lowest BCUT2D eigenvalue weighted by atomic mass is 10.1. The van der Waals surface area contributed by atoms with Crippen LogP contribution in [-0.2, 0) is 16.1 Å². The smallest absolute Gasteiger partial charge is 0.475 e. The molecule has 0 unspecified atom stereocenters. The second-order valence-corrected chi connectivity index (χ2v) is 8.89. The molecule has 1 amide bonds. The topological polar surface area (TPSA) is 127 Å². The third kappa shape index (κ3) is 7.71. The third-order valence-electron chi connectivity index (χ3n) is 6.33. The van der Waals surface area contributed by atoms with Crippen molar-refractivity contribution in [2.75, 3.05) is 13.1 Å². The number of alkyl halides is 6. The van der Waals surface area contributed by atoms with E-state index in [0.717, 1.165) is 54.6 Å². The van der Waals surface area contributed by atoms with Gasteiger partial charge >= 0.3 is 24.3 Å². The minimum Gasteiger partial charge on any atom is -0.475 e. The van der Waals surface area contributed by atoms with Gasteiger partial charge in [-0.15, -0.1) is 0 Å². The first-order valence-electron chi connectivity index (χ1n) is 11.8. The molecule has 0 radical (unpaired) electrons. The number of carbonyl (C=O) groups is 3. The van der Waals surface area contributed by atoms with Crippen LogP contribution in [0.2, 0.25) is 0 Å². The van der Waals surface area contributed by atoms with E-state index < -0.39 is 24.3 Å². The van der Waals surface area contributed by atoms with Gasteiger partial charge in [-0.3, -0.25) is 14.7 Å². The van der Waals surface area contributed by atoms with E-state index in [4.69, 9.17) is 19.8 Å². The van der Waals surface area contributed by atoms with E-state index in [0.29, 0.717) is 12.1 Å². The molecule has 0 bridgehead atoms. The first kappa shape index (κ1) is 30.4. The molecule has 1 aromatic carbocycles. The Balaban J connectivity index is 0.000000263. The van der Waals surface area contributed by atoms with Gasteiger partial charge in [-0.05, 0) is 49.2 Å². The van der Waals surface area contributed by atoms with E-state index >= 15 is 0 Å². The summed E-state index contributed by atoms with van der Waals surface area (Å²) < 4.78 is 63.5. The quantitative estimate of drug-likeness (QED) is 0.398. The molecule has 4 heterocycles. The van der Waals surface area contributed by atoms with Gasteiger partial charge in [0.25, 0.3) is 5.91 Å². The highest BCUT2D eigenvalue weighted by Crippen LogP contribution is 2.33. The maximum Gasteiger partial charge on any atom is 0.490 e. The van der Waals surface area contributed by atoms with Crippen molar-refractivity contribution in [3.05, 3.63) is 66.1 Å². The first-order valence-corrected chi connectivity index (χ1v) is 11.8. The van der Waals surface area contributed by atoms with Crippen LogP contribution in [0.25, 0.3) is 10.9 Å². The molecule has 3 aromatic rings. The lowest BCUT2D eigenvalue weighted by molar-refractivity contribution is -0.193. The first-order chi connectivity index (χ1) is 18.7. The van der Waals surface area contributed by atoms with Crippen molar-refractivity contribution in [3.8, 4) is 0 Å². The largest absolute Gasteiger partial charge is 0.490 e. The van der Waals surface area contributed by atoms with Gasteiger partial charge in [0.1, 0.15) is 0 Å². The van der Waals surface area contributed by atoms with Gasteiger partial charge in [-0.25, -0.2) is 9.59 Å². The molecule has 2 fully saturated rings. The van der Waals surface area contributed by atoms with Crippen LogP contribution in [0.3, 0.4) is 0 Å². The second kappa shape index (κ2) is 12.4. The Morgan fingerprint density at radius 2 is 1.52 bits per heavy atom. The van der Waals surface area contributed by atoms with Gasteiger partial charge in [0.05, 0.1) is 5.69 Å². The van der Waals surface area contributed by atoms with E-state index in [1.807, 2.05) is 48.8 Å². The zero-order valence-corrected chi connectivity index (χ0v) is 20.6. The van der Waals surface area contributed by atoms with Gasteiger partial charge < -0.3 is 20.1 Å². The fraction of sp³-hybridized carbons (Fsp3) is 0.360. The molecule has 5 rings (SSSR count). The highest BCUT2D eigenvalue weighted by molar-refractivity contribution is 5.98.